The number of carbonyl (C=O) groups excluding carboxylic acids is 1. The van der Waals surface area contributed by atoms with E-state index >= 15 is 0 Å². The number of likely N-dealkylation sites (tertiary alicyclic amines) is 1. The van der Waals surface area contributed by atoms with E-state index < -0.39 is 0 Å². The van der Waals surface area contributed by atoms with Crippen LogP contribution in [0.15, 0.2) is 0 Å². The predicted molar refractivity (Wildman–Crippen MR) is 85.8 cm³/mol. The van der Waals surface area contributed by atoms with Crippen LogP contribution in [0.5, 0.6) is 0 Å². The van der Waals surface area contributed by atoms with E-state index in [2.05, 4.69) is 4.98 Å². The molecule has 0 spiro atoms. The molecule has 1 atom stereocenters. The van der Waals surface area contributed by atoms with Crippen LogP contribution in [0.2, 0.25) is 0 Å². The van der Waals surface area contributed by atoms with Crippen LogP contribution >= 0.6 is 11.3 Å². The Kier molecular flexibility index (Phi) is 5.41. The summed E-state index contributed by atoms with van der Waals surface area (Å²) < 4.78 is 0. The number of amides is 1. The van der Waals surface area contributed by atoms with E-state index in [1.807, 2.05) is 23.8 Å². The molecule has 0 aliphatic carbocycles. The minimum Gasteiger partial charge on any atom is -0.396 e. The summed E-state index contributed by atoms with van der Waals surface area (Å²) in [6, 6.07) is 0. The first kappa shape index (κ1) is 16.0. The van der Waals surface area contributed by atoms with Crippen LogP contribution in [0.3, 0.4) is 0 Å². The van der Waals surface area contributed by atoms with Gasteiger partial charge in [0, 0.05) is 33.3 Å². The zero-order chi connectivity index (χ0) is 15.4. The van der Waals surface area contributed by atoms with Crippen molar-refractivity contribution in [2.75, 3.05) is 43.9 Å². The van der Waals surface area contributed by atoms with Gasteiger partial charge in [0.1, 0.15) is 10.7 Å². The number of nitrogens with two attached hydrogens (primary N) is 1. The Labute approximate surface area is 129 Å². The number of hydrogen-bond acceptors (Lipinski definition) is 6. The average molecular weight is 312 g/mol. The van der Waals surface area contributed by atoms with Crippen LogP contribution in [0.1, 0.15) is 35.9 Å². The molecule has 0 radical (unpaired) electrons. The van der Waals surface area contributed by atoms with E-state index in [-0.39, 0.29) is 12.5 Å². The van der Waals surface area contributed by atoms with Gasteiger partial charge in [0.2, 0.25) is 0 Å². The molecule has 1 aromatic heterocycles. The lowest BCUT2D eigenvalue weighted by molar-refractivity contribution is 0.0659. The average Bonchev–Trinajstić information content (AvgIpc) is 2.88. The summed E-state index contributed by atoms with van der Waals surface area (Å²) in [4.78, 5) is 21.3. The molecular weight excluding hydrogens is 288 g/mol. The van der Waals surface area contributed by atoms with Crippen LogP contribution < -0.4 is 10.6 Å². The van der Waals surface area contributed by atoms with Crippen LogP contribution in [0, 0.1) is 5.92 Å². The van der Waals surface area contributed by atoms with Gasteiger partial charge in [0.15, 0.2) is 5.13 Å². The highest BCUT2D eigenvalue weighted by atomic mass is 32.1. The van der Waals surface area contributed by atoms with Gasteiger partial charge in [-0.2, -0.15) is 0 Å². The van der Waals surface area contributed by atoms with Crippen molar-refractivity contribution in [3.8, 4) is 0 Å². The number of thiazole rings is 1. The fourth-order valence-corrected chi connectivity index (χ4v) is 3.56. The number of rotatable bonds is 5. The second kappa shape index (κ2) is 7.09. The molecule has 6 nitrogen and oxygen atoms in total. The second-order valence-electron chi connectivity index (χ2n) is 5.50. The third-order valence-electron chi connectivity index (χ3n) is 3.98. The van der Waals surface area contributed by atoms with Gasteiger partial charge in [-0.15, -0.1) is 0 Å². The Morgan fingerprint density at radius 1 is 1.62 bits per heavy atom. The summed E-state index contributed by atoms with van der Waals surface area (Å²) in [5.74, 6) is 0.688. The monoisotopic (exact) mass is 312 g/mol. The minimum atomic E-state index is -0.0246. The molecule has 0 aromatic carbocycles. The molecule has 1 aliphatic heterocycles. The standard InChI is InChI=1S/C14H24N4O2S/c1-3-17(2)14-16-12(15)11(21-14)13(20)18-7-4-5-10(9-18)6-8-19/h10,19H,3-9,15H2,1-2H3. The van der Waals surface area contributed by atoms with Gasteiger partial charge in [0.05, 0.1) is 0 Å². The number of hydrogen-bond donors (Lipinski definition) is 2. The Morgan fingerprint density at radius 2 is 2.38 bits per heavy atom. The van der Waals surface area contributed by atoms with Gasteiger partial charge in [-0.1, -0.05) is 11.3 Å². The summed E-state index contributed by atoms with van der Waals surface area (Å²) in [6.07, 6.45) is 2.81. The summed E-state index contributed by atoms with van der Waals surface area (Å²) in [7, 11) is 1.94. The first-order valence-corrected chi connectivity index (χ1v) is 8.26. The molecule has 1 aromatic rings. The normalized spacial score (nSPS) is 18.8. The summed E-state index contributed by atoms with van der Waals surface area (Å²) in [6.45, 7) is 4.50. The van der Waals surface area contributed by atoms with Crippen molar-refractivity contribution in [1.82, 2.24) is 9.88 Å². The van der Waals surface area contributed by atoms with Crippen molar-refractivity contribution in [2.24, 2.45) is 5.92 Å². The van der Waals surface area contributed by atoms with E-state index in [4.69, 9.17) is 10.8 Å². The molecular formula is C14H24N4O2S. The SMILES string of the molecule is CCN(C)c1nc(N)c(C(=O)N2CCCC(CCO)C2)s1. The molecule has 21 heavy (non-hydrogen) atoms. The number of aliphatic hydroxyl groups is 1. The Hall–Kier alpha value is -1.34. The van der Waals surface area contributed by atoms with Crippen LogP contribution in [0.4, 0.5) is 10.9 Å². The maximum atomic E-state index is 12.6. The van der Waals surface area contributed by atoms with Crippen LogP contribution in [-0.4, -0.2) is 54.2 Å². The van der Waals surface area contributed by atoms with Crippen molar-refractivity contribution >= 4 is 28.2 Å². The second-order valence-corrected chi connectivity index (χ2v) is 6.47. The Bertz CT molecular complexity index is 489. The quantitative estimate of drug-likeness (QED) is 0.859. The third-order valence-corrected chi connectivity index (χ3v) is 5.15. The van der Waals surface area contributed by atoms with Gasteiger partial charge in [0.25, 0.3) is 5.91 Å². The van der Waals surface area contributed by atoms with Crippen LogP contribution in [-0.2, 0) is 0 Å². The highest BCUT2D eigenvalue weighted by molar-refractivity contribution is 7.18. The summed E-state index contributed by atoms with van der Waals surface area (Å²) >= 11 is 1.36. The van der Waals surface area contributed by atoms with Gasteiger partial charge < -0.3 is 20.6 Å². The number of carbonyl (C=O) groups is 1. The van der Waals surface area contributed by atoms with Crippen molar-refractivity contribution in [3.05, 3.63) is 4.88 Å². The van der Waals surface area contributed by atoms with Gasteiger partial charge in [-0.25, -0.2) is 4.98 Å². The molecule has 2 rings (SSSR count). The summed E-state index contributed by atoms with van der Waals surface area (Å²) in [5.41, 5.74) is 5.92. The molecule has 2 heterocycles. The maximum Gasteiger partial charge on any atom is 0.267 e. The fourth-order valence-electron chi connectivity index (χ4n) is 2.58. The highest BCUT2D eigenvalue weighted by Crippen LogP contribution is 2.30. The largest absolute Gasteiger partial charge is 0.396 e. The van der Waals surface area contributed by atoms with E-state index in [9.17, 15) is 4.79 Å². The van der Waals surface area contributed by atoms with Gasteiger partial charge in [-0.3, -0.25) is 4.79 Å². The lowest BCUT2D eigenvalue weighted by atomic mass is 9.95. The molecule has 1 saturated heterocycles. The van der Waals surface area contributed by atoms with Crippen molar-refractivity contribution < 1.29 is 9.90 Å². The first-order valence-electron chi connectivity index (χ1n) is 7.44. The lowest BCUT2D eigenvalue weighted by Gasteiger charge is -2.32. The Morgan fingerprint density at radius 3 is 3.05 bits per heavy atom. The van der Waals surface area contributed by atoms with Gasteiger partial charge >= 0.3 is 0 Å². The van der Waals surface area contributed by atoms with E-state index in [0.29, 0.717) is 23.2 Å². The highest BCUT2D eigenvalue weighted by Gasteiger charge is 2.27. The maximum absolute atomic E-state index is 12.6. The zero-order valence-corrected chi connectivity index (χ0v) is 13.5. The number of piperidine rings is 1. The zero-order valence-electron chi connectivity index (χ0n) is 12.7. The smallest absolute Gasteiger partial charge is 0.267 e. The van der Waals surface area contributed by atoms with Crippen molar-refractivity contribution in [3.63, 3.8) is 0 Å². The molecule has 0 saturated carbocycles. The molecule has 1 fully saturated rings. The molecule has 118 valence electrons. The van der Waals surface area contributed by atoms with Crippen molar-refractivity contribution in [2.45, 2.75) is 26.2 Å². The van der Waals surface area contributed by atoms with Gasteiger partial charge in [-0.05, 0) is 32.1 Å². The minimum absolute atomic E-state index is 0.0246. The number of nitrogens with zero attached hydrogens (tertiary/aromatic N) is 3. The van der Waals surface area contributed by atoms with E-state index in [0.717, 1.165) is 37.5 Å². The fraction of sp³-hybridized carbons (Fsp3) is 0.714. The summed E-state index contributed by atoms with van der Waals surface area (Å²) in [5, 5.41) is 9.84. The molecule has 1 unspecified atom stereocenters. The predicted octanol–water partition coefficient (Wildman–Crippen LogP) is 1.42. The molecule has 1 amide bonds. The van der Waals surface area contributed by atoms with E-state index in [1.54, 1.807) is 0 Å². The topological polar surface area (TPSA) is 82.7 Å². The molecule has 1 aliphatic rings. The molecule has 0 bridgehead atoms. The number of aliphatic hydroxyl groups excluding tert-OH is 1. The number of aromatic nitrogens is 1. The third kappa shape index (κ3) is 3.65. The molecule has 3 N–H and O–H groups in total. The van der Waals surface area contributed by atoms with E-state index in [1.165, 1.54) is 11.3 Å². The Balaban J connectivity index is 2.10. The van der Waals surface area contributed by atoms with Crippen LogP contribution in [0.25, 0.3) is 0 Å². The molecule has 7 heteroatoms. The number of nitrogen functional groups attached to an aromatic ring is 1. The first-order chi connectivity index (χ1) is 10.1. The lowest BCUT2D eigenvalue weighted by Crippen LogP contribution is -2.40. The van der Waals surface area contributed by atoms with Crippen molar-refractivity contribution in [1.29, 1.82) is 0 Å². The number of anilines is 2.